The van der Waals surface area contributed by atoms with Crippen molar-refractivity contribution in [3.63, 3.8) is 0 Å². The third-order valence-corrected chi connectivity index (χ3v) is 5.43. The topological polar surface area (TPSA) is 75.1 Å². The van der Waals surface area contributed by atoms with E-state index in [1.807, 2.05) is 6.26 Å². The summed E-state index contributed by atoms with van der Waals surface area (Å²) in [7, 11) is 0. The summed E-state index contributed by atoms with van der Waals surface area (Å²) in [5, 5.41) is 13.9. The normalized spacial score (nSPS) is 15.7. The van der Waals surface area contributed by atoms with Crippen molar-refractivity contribution in [1.29, 1.82) is 0 Å². The molecular formula is C14H17N3O2S2. The number of thioether (sulfide) groups is 1. The summed E-state index contributed by atoms with van der Waals surface area (Å²) < 4.78 is 0. The number of thiophene rings is 1. The molecule has 2 aromatic rings. The van der Waals surface area contributed by atoms with E-state index in [2.05, 4.69) is 15.3 Å². The predicted octanol–water partition coefficient (Wildman–Crippen LogP) is 3.18. The number of aliphatic carboxylic acids is 1. The Hall–Kier alpha value is -1.34. The molecule has 1 atom stereocenters. The van der Waals surface area contributed by atoms with E-state index in [0.717, 1.165) is 23.1 Å². The lowest BCUT2D eigenvalue weighted by Gasteiger charge is -2.14. The summed E-state index contributed by atoms with van der Waals surface area (Å²) in [5.41, 5.74) is 1.31. The number of rotatable bonds is 4. The van der Waals surface area contributed by atoms with E-state index in [1.165, 1.54) is 35.0 Å². The van der Waals surface area contributed by atoms with Gasteiger partial charge < -0.3 is 10.4 Å². The minimum atomic E-state index is -0.878. The van der Waals surface area contributed by atoms with Crippen molar-refractivity contribution in [2.45, 2.75) is 43.8 Å². The van der Waals surface area contributed by atoms with Crippen LogP contribution in [-0.4, -0.2) is 33.3 Å². The first-order chi connectivity index (χ1) is 10.1. The van der Waals surface area contributed by atoms with Crippen LogP contribution < -0.4 is 5.32 Å². The fourth-order valence-corrected chi connectivity index (χ4v) is 4.28. The molecule has 0 aliphatic heterocycles. The number of aryl methyl sites for hydroxylation is 2. The van der Waals surface area contributed by atoms with E-state index in [1.54, 1.807) is 18.3 Å². The van der Waals surface area contributed by atoms with E-state index in [0.29, 0.717) is 11.0 Å². The second kappa shape index (κ2) is 5.81. The van der Waals surface area contributed by atoms with Crippen LogP contribution in [0.1, 0.15) is 30.2 Å². The Morgan fingerprint density at radius 3 is 2.86 bits per heavy atom. The van der Waals surface area contributed by atoms with Crippen LogP contribution in [0.2, 0.25) is 0 Å². The van der Waals surface area contributed by atoms with Gasteiger partial charge in [0.25, 0.3) is 0 Å². The number of carboxylic acid groups (broad SMARTS) is 1. The molecule has 0 saturated heterocycles. The van der Waals surface area contributed by atoms with Gasteiger partial charge in [0.2, 0.25) is 0 Å². The molecular weight excluding hydrogens is 306 g/mol. The van der Waals surface area contributed by atoms with E-state index in [4.69, 9.17) is 5.11 Å². The fourth-order valence-electron chi connectivity index (χ4n) is 2.60. The van der Waals surface area contributed by atoms with Gasteiger partial charge in [0, 0.05) is 4.88 Å². The molecule has 2 N–H and O–H groups in total. The van der Waals surface area contributed by atoms with Gasteiger partial charge in [0.1, 0.15) is 16.7 Å². The minimum Gasteiger partial charge on any atom is -0.480 e. The monoisotopic (exact) mass is 323 g/mol. The standard InChI is InChI=1S/C14H17N3O2S2/c1-7(13(18)19)15-11-10-8-5-3-4-6-9(8)21-12(10)17-14(16-11)20-2/h7H,3-6H2,1-2H3,(H,18,19)(H,15,16,17). The molecule has 0 bridgehead atoms. The summed E-state index contributed by atoms with van der Waals surface area (Å²) in [4.78, 5) is 22.6. The van der Waals surface area contributed by atoms with Crippen LogP contribution in [0.5, 0.6) is 0 Å². The molecule has 112 valence electrons. The van der Waals surface area contributed by atoms with Crippen molar-refractivity contribution in [1.82, 2.24) is 9.97 Å². The lowest BCUT2D eigenvalue weighted by molar-refractivity contribution is -0.137. The van der Waals surface area contributed by atoms with Crippen LogP contribution in [0.3, 0.4) is 0 Å². The summed E-state index contributed by atoms with van der Waals surface area (Å²) in [6.07, 6.45) is 6.46. The Morgan fingerprint density at radius 2 is 2.14 bits per heavy atom. The lowest BCUT2D eigenvalue weighted by atomic mass is 9.97. The van der Waals surface area contributed by atoms with Crippen LogP contribution in [0.25, 0.3) is 10.2 Å². The van der Waals surface area contributed by atoms with Crippen LogP contribution in [-0.2, 0) is 17.6 Å². The van der Waals surface area contributed by atoms with Crippen molar-refractivity contribution in [2.24, 2.45) is 0 Å². The molecule has 21 heavy (non-hydrogen) atoms. The molecule has 2 aromatic heterocycles. The molecule has 1 aliphatic rings. The molecule has 5 nitrogen and oxygen atoms in total. The molecule has 0 spiro atoms. The number of anilines is 1. The SMILES string of the molecule is CSc1nc(NC(C)C(=O)O)c2c3c(sc2n1)CCCC3. The molecule has 0 aromatic carbocycles. The number of nitrogens with zero attached hydrogens (tertiary/aromatic N) is 2. The van der Waals surface area contributed by atoms with Crippen molar-refractivity contribution in [3.05, 3.63) is 10.4 Å². The molecule has 3 rings (SSSR count). The average molecular weight is 323 g/mol. The highest BCUT2D eigenvalue weighted by atomic mass is 32.2. The van der Waals surface area contributed by atoms with Crippen LogP contribution >= 0.6 is 23.1 Å². The number of aromatic nitrogens is 2. The first-order valence-electron chi connectivity index (χ1n) is 6.95. The van der Waals surface area contributed by atoms with E-state index in [9.17, 15) is 4.79 Å². The Kier molecular flexibility index (Phi) is 4.03. The third kappa shape index (κ3) is 2.72. The highest BCUT2D eigenvalue weighted by Crippen LogP contribution is 2.39. The first kappa shape index (κ1) is 14.6. The van der Waals surface area contributed by atoms with Crippen LogP contribution in [0.4, 0.5) is 5.82 Å². The number of hydrogen-bond acceptors (Lipinski definition) is 6. The van der Waals surface area contributed by atoms with Crippen molar-refractivity contribution >= 4 is 45.1 Å². The number of carbonyl (C=O) groups is 1. The fraction of sp³-hybridized carbons (Fsp3) is 0.500. The molecule has 0 amide bonds. The van der Waals surface area contributed by atoms with Gasteiger partial charge in [-0.2, -0.15) is 0 Å². The zero-order chi connectivity index (χ0) is 15.0. The lowest BCUT2D eigenvalue weighted by Crippen LogP contribution is -2.26. The van der Waals surface area contributed by atoms with Gasteiger partial charge in [-0.25, -0.2) is 9.97 Å². The number of hydrogen-bond donors (Lipinski definition) is 2. The second-order valence-corrected chi connectivity index (χ2v) is 7.01. The van der Waals surface area contributed by atoms with Crippen molar-refractivity contribution in [2.75, 3.05) is 11.6 Å². The Balaban J connectivity index is 2.15. The van der Waals surface area contributed by atoms with Crippen LogP contribution in [0, 0.1) is 0 Å². The maximum Gasteiger partial charge on any atom is 0.325 e. The number of nitrogens with one attached hydrogen (secondary N) is 1. The second-order valence-electron chi connectivity index (χ2n) is 5.15. The summed E-state index contributed by atoms with van der Waals surface area (Å²) in [6, 6.07) is -0.669. The maximum absolute atomic E-state index is 11.1. The summed E-state index contributed by atoms with van der Waals surface area (Å²) >= 11 is 3.20. The molecule has 0 radical (unpaired) electrons. The van der Waals surface area contributed by atoms with Gasteiger partial charge in [-0.3, -0.25) is 4.79 Å². The minimum absolute atomic E-state index is 0.665. The van der Waals surface area contributed by atoms with Crippen LogP contribution in [0.15, 0.2) is 5.16 Å². The largest absolute Gasteiger partial charge is 0.480 e. The zero-order valence-corrected chi connectivity index (χ0v) is 13.6. The Morgan fingerprint density at radius 1 is 1.38 bits per heavy atom. The van der Waals surface area contributed by atoms with E-state index >= 15 is 0 Å². The predicted molar refractivity (Wildman–Crippen MR) is 86.6 cm³/mol. The molecule has 0 saturated carbocycles. The van der Waals surface area contributed by atoms with Crippen molar-refractivity contribution in [3.8, 4) is 0 Å². The zero-order valence-electron chi connectivity index (χ0n) is 12.0. The quantitative estimate of drug-likeness (QED) is 0.665. The summed E-state index contributed by atoms with van der Waals surface area (Å²) in [5.74, 6) is -0.213. The average Bonchev–Trinajstić information content (AvgIpc) is 2.85. The molecule has 1 aliphatic carbocycles. The van der Waals surface area contributed by atoms with E-state index in [-0.39, 0.29) is 0 Å². The molecule has 2 heterocycles. The third-order valence-electron chi connectivity index (χ3n) is 3.70. The van der Waals surface area contributed by atoms with Gasteiger partial charge in [-0.15, -0.1) is 11.3 Å². The highest BCUT2D eigenvalue weighted by molar-refractivity contribution is 7.98. The van der Waals surface area contributed by atoms with Gasteiger partial charge in [-0.05, 0) is 44.4 Å². The Labute approximate surface area is 131 Å². The molecule has 0 fully saturated rings. The molecule has 7 heteroatoms. The first-order valence-corrected chi connectivity index (χ1v) is 9.00. The number of carboxylic acids is 1. The smallest absolute Gasteiger partial charge is 0.325 e. The number of fused-ring (bicyclic) bond motifs is 3. The maximum atomic E-state index is 11.1. The summed E-state index contributed by atoms with van der Waals surface area (Å²) in [6.45, 7) is 1.63. The van der Waals surface area contributed by atoms with Gasteiger partial charge in [0.05, 0.1) is 5.39 Å². The molecule has 1 unspecified atom stereocenters. The van der Waals surface area contributed by atoms with Gasteiger partial charge in [-0.1, -0.05) is 11.8 Å². The van der Waals surface area contributed by atoms with Crippen molar-refractivity contribution < 1.29 is 9.90 Å². The van der Waals surface area contributed by atoms with Gasteiger partial charge >= 0.3 is 5.97 Å². The van der Waals surface area contributed by atoms with E-state index < -0.39 is 12.0 Å². The van der Waals surface area contributed by atoms with Gasteiger partial charge in [0.15, 0.2) is 5.16 Å². The highest BCUT2D eigenvalue weighted by Gasteiger charge is 2.22. The Bertz CT molecular complexity index is 699.